The van der Waals surface area contributed by atoms with Crippen LogP contribution >= 0.6 is 0 Å². The van der Waals surface area contributed by atoms with Gasteiger partial charge in [-0.25, -0.2) is 0 Å². The van der Waals surface area contributed by atoms with Crippen molar-refractivity contribution in [3.05, 3.63) is 28.3 Å². The van der Waals surface area contributed by atoms with Crippen LogP contribution in [0.15, 0.2) is 18.2 Å². The van der Waals surface area contributed by atoms with Crippen LogP contribution in [0.1, 0.15) is 6.42 Å². The van der Waals surface area contributed by atoms with Gasteiger partial charge in [0.15, 0.2) is 0 Å². The molecule has 0 spiro atoms. The molecule has 0 aromatic heterocycles. The van der Waals surface area contributed by atoms with Crippen molar-refractivity contribution in [1.29, 1.82) is 0 Å². The van der Waals surface area contributed by atoms with E-state index < -0.39 is 4.92 Å². The van der Waals surface area contributed by atoms with Gasteiger partial charge in [0, 0.05) is 13.7 Å². The van der Waals surface area contributed by atoms with E-state index in [1.807, 2.05) is 0 Å². The van der Waals surface area contributed by atoms with Gasteiger partial charge < -0.3 is 20.9 Å². The maximum Gasteiger partial charge on any atom is 0.314 e. The lowest BCUT2D eigenvalue weighted by Gasteiger charge is -2.17. The van der Waals surface area contributed by atoms with E-state index in [1.54, 1.807) is 19.2 Å². The molecular weight excluding hydrogens is 238 g/mol. The molecule has 1 aromatic carbocycles. The van der Waals surface area contributed by atoms with Gasteiger partial charge in [0.2, 0.25) is 0 Å². The Hall–Kier alpha value is -1.86. The number of anilines is 2. The van der Waals surface area contributed by atoms with Crippen molar-refractivity contribution in [1.82, 2.24) is 0 Å². The summed E-state index contributed by atoms with van der Waals surface area (Å²) in [5.41, 5.74) is 5.79. The molecule has 0 aliphatic heterocycles. The normalized spacial score (nSPS) is 12.1. The Balaban J connectivity index is 2.88. The highest BCUT2D eigenvalue weighted by molar-refractivity contribution is 5.74. The summed E-state index contributed by atoms with van der Waals surface area (Å²) in [4.78, 5) is 10.4. The third kappa shape index (κ3) is 3.57. The van der Waals surface area contributed by atoms with Crippen LogP contribution in [0.3, 0.4) is 0 Å². The van der Waals surface area contributed by atoms with E-state index in [9.17, 15) is 15.2 Å². The van der Waals surface area contributed by atoms with Gasteiger partial charge in [-0.15, -0.1) is 0 Å². The highest BCUT2D eigenvalue weighted by atomic mass is 16.6. The Morgan fingerprint density at radius 3 is 2.89 bits per heavy atom. The molecule has 0 amide bonds. The molecule has 0 heterocycles. The number of hydrogen-bond acceptors (Lipinski definition) is 6. The van der Waals surface area contributed by atoms with Crippen LogP contribution in [0, 0.1) is 10.1 Å². The number of nitro groups is 1. The van der Waals surface area contributed by atoms with Crippen molar-refractivity contribution in [3.8, 4) is 0 Å². The van der Waals surface area contributed by atoms with Crippen LogP contribution in [-0.4, -0.2) is 36.4 Å². The standard InChI is InChI=1S/C11H17N3O4/c1-18-6-5-8(7-15)13-10-4-2-3-9(12)11(10)14(16)17/h2-4,8,13,15H,5-7,12H2,1H3. The Labute approximate surface area is 105 Å². The fourth-order valence-corrected chi connectivity index (χ4v) is 1.57. The van der Waals surface area contributed by atoms with Crippen molar-refractivity contribution in [2.24, 2.45) is 0 Å². The van der Waals surface area contributed by atoms with E-state index in [0.717, 1.165) is 0 Å². The van der Waals surface area contributed by atoms with Crippen LogP contribution in [0.25, 0.3) is 0 Å². The molecule has 1 atom stereocenters. The SMILES string of the molecule is COCCC(CO)Nc1cccc(N)c1[N+](=O)[O-]. The predicted octanol–water partition coefficient (Wildman–Crippen LogP) is 0.986. The van der Waals surface area contributed by atoms with Gasteiger partial charge in [-0.3, -0.25) is 10.1 Å². The molecule has 0 aliphatic carbocycles. The zero-order valence-corrected chi connectivity index (χ0v) is 10.1. The smallest absolute Gasteiger partial charge is 0.314 e. The van der Waals surface area contributed by atoms with E-state index in [-0.39, 0.29) is 24.0 Å². The molecule has 1 unspecified atom stereocenters. The van der Waals surface area contributed by atoms with E-state index >= 15 is 0 Å². The van der Waals surface area contributed by atoms with Crippen molar-refractivity contribution >= 4 is 17.1 Å². The van der Waals surface area contributed by atoms with Gasteiger partial charge in [0.05, 0.1) is 17.6 Å². The zero-order chi connectivity index (χ0) is 13.5. The fourth-order valence-electron chi connectivity index (χ4n) is 1.57. The number of nitro benzene ring substituents is 1. The number of aliphatic hydroxyl groups excluding tert-OH is 1. The largest absolute Gasteiger partial charge is 0.394 e. The quantitative estimate of drug-likeness (QED) is 0.380. The van der Waals surface area contributed by atoms with Crippen molar-refractivity contribution in [2.45, 2.75) is 12.5 Å². The minimum absolute atomic E-state index is 0.0911. The average molecular weight is 255 g/mol. The summed E-state index contributed by atoms with van der Waals surface area (Å²) >= 11 is 0. The van der Waals surface area contributed by atoms with Gasteiger partial charge in [-0.2, -0.15) is 0 Å². The number of methoxy groups -OCH3 is 1. The fraction of sp³-hybridized carbons (Fsp3) is 0.455. The molecule has 0 aliphatic rings. The molecule has 4 N–H and O–H groups in total. The van der Waals surface area contributed by atoms with Crippen LogP contribution in [0.5, 0.6) is 0 Å². The van der Waals surface area contributed by atoms with Gasteiger partial charge in [0.25, 0.3) is 0 Å². The molecule has 0 radical (unpaired) electrons. The molecule has 1 rings (SSSR count). The first-order valence-electron chi connectivity index (χ1n) is 5.49. The lowest BCUT2D eigenvalue weighted by molar-refractivity contribution is -0.383. The first kappa shape index (κ1) is 14.2. The average Bonchev–Trinajstić information content (AvgIpc) is 2.33. The van der Waals surface area contributed by atoms with Crippen molar-refractivity contribution < 1.29 is 14.8 Å². The summed E-state index contributed by atoms with van der Waals surface area (Å²) in [7, 11) is 1.55. The Kier molecular flexibility index (Phi) is 5.34. The maximum absolute atomic E-state index is 10.9. The first-order valence-corrected chi connectivity index (χ1v) is 5.49. The second-order valence-corrected chi connectivity index (χ2v) is 3.81. The van der Waals surface area contributed by atoms with Crippen LogP contribution < -0.4 is 11.1 Å². The second kappa shape index (κ2) is 6.77. The number of nitrogens with two attached hydrogens (primary N) is 1. The Bertz CT molecular complexity index is 411. The summed E-state index contributed by atoms with van der Waals surface area (Å²) < 4.78 is 4.90. The van der Waals surface area contributed by atoms with Crippen molar-refractivity contribution in [2.75, 3.05) is 31.4 Å². The highest BCUT2D eigenvalue weighted by Gasteiger charge is 2.19. The molecule has 0 fully saturated rings. The maximum atomic E-state index is 10.9. The Morgan fingerprint density at radius 2 is 2.33 bits per heavy atom. The van der Waals surface area contributed by atoms with Crippen LogP contribution in [-0.2, 0) is 4.74 Å². The summed E-state index contributed by atoms with van der Waals surface area (Å²) in [6, 6.07) is 4.33. The number of nitrogens with one attached hydrogen (secondary N) is 1. The topological polar surface area (TPSA) is 111 Å². The molecule has 18 heavy (non-hydrogen) atoms. The van der Waals surface area contributed by atoms with E-state index in [0.29, 0.717) is 18.7 Å². The van der Waals surface area contributed by atoms with E-state index in [1.165, 1.54) is 6.07 Å². The van der Waals surface area contributed by atoms with Gasteiger partial charge in [-0.05, 0) is 18.6 Å². The number of ether oxygens (including phenoxy) is 1. The summed E-state index contributed by atoms with van der Waals surface area (Å²) in [6.07, 6.45) is 0.541. The predicted molar refractivity (Wildman–Crippen MR) is 68.5 cm³/mol. The summed E-state index contributed by atoms with van der Waals surface area (Å²) in [6.45, 7) is 0.309. The third-order valence-corrected chi connectivity index (χ3v) is 2.50. The molecule has 7 heteroatoms. The first-order chi connectivity index (χ1) is 8.60. The number of benzene rings is 1. The lowest BCUT2D eigenvalue weighted by atomic mass is 10.2. The molecule has 0 saturated carbocycles. The zero-order valence-electron chi connectivity index (χ0n) is 10.1. The number of hydrogen-bond donors (Lipinski definition) is 3. The minimum atomic E-state index is -0.539. The number of para-hydroxylation sites is 1. The van der Waals surface area contributed by atoms with Gasteiger partial charge >= 0.3 is 5.69 Å². The third-order valence-electron chi connectivity index (χ3n) is 2.50. The number of nitrogens with zero attached hydrogens (tertiary/aromatic N) is 1. The highest BCUT2D eigenvalue weighted by Crippen LogP contribution is 2.31. The van der Waals surface area contributed by atoms with Crippen LogP contribution in [0.2, 0.25) is 0 Å². The minimum Gasteiger partial charge on any atom is -0.394 e. The summed E-state index contributed by atoms with van der Waals surface area (Å²) in [5.74, 6) is 0. The van der Waals surface area contributed by atoms with E-state index in [4.69, 9.17) is 10.5 Å². The van der Waals surface area contributed by atoms with Crippen molar-refractivity contribution in [3.63, 3.8) is 0 Å². The number of rotatable bonds is 7. The van der Waals surface area contributed by atoms with E-state index in [2.05, 4.69) is 5.32 Å². The molecule has 1 aromatic rings. The van der Waals surface area contributed by atoms with Gasteiger partial charge in [-0.1, -0.05) is 6.07 Å². The molecule has 7 nitrogen and oxygen atoms in total. The monoisotopic (exact) mass is 255 g/mol. The van der Waals surface area contributed by atoms with Gasteiger partial charge in [0.1, 0.15) is 11.4 Å². The van der Waals surface area contributed by atoms with Crippen LogP contribution in [0.4, 0.5) is 17.1 Å². The second-order valence-electron chi connectivity index (χ2n) is 3.81. The molecule has 100 valence electrons. The summed E-state index contributed by atoms with van der Waals surface area (Å²) in [5, 5.41) is 23.0. The Morgan fingerprint density at radius 1 is 1.61 bits per heavy atom. The molecule has 0 saturated heterocycles. The number of aliphatic hydroxyl groups is 1. The lowest BCUT2D eigenvalue weighted by Crippen LogP contribution is -2.25. The molecule has 0 bridgehead atoms. The number of nitrogen functional groups attached to an aromatic ring is 1. The molecular formula is C11H17N3O4.